The molecule has 1 aromatic rings. The highest BCUT2D eigenvalue weighted by atomic mass is 79.9. The van der Waals surface area contributed by atoms with Crippen molar-refractivity contribution in [2.75, 3.05) is 38.1 Å². The van der Waals surface area contributed by atoms with Gasteiger partial charge in [-0.15, -0.1) is 0 Å². The third kappa shape index (κ3) is 3.53. The van der Waals surface area contributed by atoms with E-state index >= 15 is 0 Å². The van der Waals surface area contributed by atoms with E-state index in [1.165, 1.54) is 25.3 Å². The van der Waals surface area contributed by atoms with Crippen LogP contribution in [-0.4, -0.2) is 57.6 Å². The molecule has 4 nitrogen and oxygen atoms in total. The maximum absolute atomic E-state index is 4.39. The molecule has 1 saturated heterocycles. The molecule has 0 N–H and O–H groups in total. The van der Waals surface area contributed by atoms with Gasteiger partial charge in [0.25, 0.3) is 0 Å². The van der Waals surface area contributed by atoms with Gasteiger partial charge in [0.2, 0.25) is 0 Å². The fraction of sp³-hybridized carbons (Fsp3) is 0.750. The van der Waals surface area contributed by atoms with Crippen molar-refractivity contribution in [1.29, 1.82) is 0 Å². The molecular formula is C12H21BrN4. The molecule has 0 aromatic carbocycles. The molecule has 2 heterocycles. The van der Waals surface area contributed by atoms with Crippen LogP contribution in [0.4, 0.5) is 0 Å². The molecule has 0 saturated carbocycles. The number of aromatic nitrogens is 2. The number of nitrogens with zero attached hydrogens (tertiary/aromatic N) is 4. The van der Waals surface area contributed by atoms with Crippen LogP contribution in [0.3, 0.4) is 0 Å². The molecule has 0 bridgehead atoms. The molecule has 1 aliphatic rings. The Morgan fingerprint density at radius 2 is 1.88 bits per heavy atom. The van der Waals surface area contributed by atoms with Crippen molar-refractivity contribution in [2.24, 2.45) is 7.05 Å². The largest absolute Gasteiger partial charge is 0.300 e. The zero-order chi connectivity index (χ0) is 12.3. The summed E-state index contributed by atoms with van der Waals surface area (Å²) in [5.74, 6) is 0. The number of halogens is 1. The molecular weight excluding hydrogens is 280 g/mol. The third-order valence-corrected chi connectivity index (χ3v) is 3.70. The highest BCUT2D eigenvalue weighted by Crippen LogP contribution is 2.09. The molecule has 96 valence electrons. The lowest BCUT2D eigenvalue weighted by molar-refractivity contribution is 0.131. The second-order valence-electron chi connectivity index (χ2n) is 4.71. The standard InChI is InChI=1S/C12H21BrN4/c1-11-9-12(15(2)14-11)10-17-7-5-16(4-3-13)6-8-17/h9H,3-8,10H2,1-2H3. The van der Waals surface area contributed by atoms with Gasteiger partial charge in [-0.1, -0.05) is 15.9 Å². The van der Waals surface area contributed by atoms with E-state index in [1.54, 1.807) is 0 Å². The van der Waals surface area contributed by atoms with Gasteiger partial charge < -0.3 is 0 Å². The van der Waals surface area contributed by atoms with Crippen molar-refractivity contribution in [1.82, 2.24) is 19.6 Å². The van der Waals surface area contributed by atoms with E-state index in [1.807, 2.05) is 11.7 Å². The van der Waals surface area contributed by atoms with E-state index in [4.69, 9.17) is 0 Å². The predicted molar refractivity (Wildman–Crippen MR) is 73.5 cm³/mol. The molecule has 0 aliphatic carbocycles. The molecule has 2 rings (SSSR count). The molecule has 1 aromatic heterocycles. The van der Waals surface area contributed by atoms with Crippen LogP contribution in [0, 0.1) is 6.92 Å². The summed E-state index contributed by atoms with van der Waals surface area (Å²) < 4.78 is 2.00. The minimum atomic E-state index is 1.03. The summed E-state index contributed by atoms with van der Waals surface area (Å²) in [6.45, 7) is 8.94. The molecule has 17 heavy (non-hydrogen) atoms. The van der Waals surface area contributed by atoms with Crippen molar-refractivity contribution in [3.8, 4) is 0 Å². The first-order valence-electron chi connectivity index (χ1n) is 6.19. The molecule has 0 spiro atoms. The maximum atomic E-state index is 4.39. The Morgan fingerprint density at radius 3 is 2.41 bits per heavy atom. The lowest BCUT2D eigenvalue weighted by Crippen LogP contribution is -2.46. The monoisotopic (exact) mass is 300 g/mol. The topological polar surface area (TPSA) is 24.3 Å². The van der Waals surface area contributed by atoms with Gasteiger partial charge >= 0.3 is 0 Å². The van der Waals surface area contributed by atoms with Gasteiger partial charge in [-0.2, -0.15) is 5.10 Å². The third-order valence-electron chi connectivity index (χ3n) is 3.35. The van der Waals surface area contributed by atoms with Crippen LogP contribution in [0.25, 0.3) is 0 Å². The first-order valence-corrected chi connectivity index (χ1v) is 7.31. The molecule has 5 heteroatoms. The Labute approximate surface area is 112 Å². The SMILES string of the molecule is Cc1cc(CN2CCN(CCBr)CC2)n(C)n1. The van der Waals surface area contributed by atoms with Crippen LogP contribution in [0.15, 0.2) is 6.07 Å². The zero-order valence-corrected chi connectivity index (χ0v) is 12.3. The quantitative estimate of drug-likeness (QED) is 0.782. The van der Waals surface area contributed by atoms with Gasteiger partial charge in [-0.25, -0.2) is 0 Å². The van der Waals surface area contributed by atoms with Gasteiger partial charge in [0.1, 0.15) is 0 Å². The Bertz CT molecular complexity index is 355. The Morgan fingerprint density at radius 1 is 1.24 bits per heavy atom. The average molecular weight is 301 g/mol. The van der Waals surface area contributed by atoms with Crippen molar-refractivity contribution in [3.05, 3.63) is 17.5 Å². The Balaban J connectivity index is 1.84. The molecule has 0 unspecified atom stereocenters. The molecule has 1 aliphatic heterocycles. The van der Waals surface area contributed by atoms with E-state index in [-0.39, 0.29) is 0 Å². The smallest absolute Gasteiger partial charge is 0.0597 e. The maximum Gasteiger partial charge on any atom is 0.0597 e. The first kappa shape index (κ1) is 13.1. The van der Waals surface area contributed by atoms with Gasteiger partial charge in [-0.3, -0.25) is 14.5 Å². The minimum Gasteiger partial charge on any atom is -0.300 e. The number of hydrogen-bond acceptors (Lipinski definition) is 3. The molecule has 0 radical (unpaired) electrons. The van der Waals surface area contributed by atoms with E-state index in [2.05, 4.69) is 43.8 Å². The van der Waals surface area contributed by atoms with E-state index in [9.17, 15) is 0 Å². The lowest BCUT2D eigenvalue weighted by Gasteiger charge is -2.34. The number of hydrogen-bond donors (Lipinski definition) is 0. The number of alkyl halides is 1. The van der Waals surface area contributed by atoms with Crippen molar-refractivity contribution < 1.29 is 0 Å². The van der Waals surface area contributed by atoms with Crippen LogP contribution in [0.1, 0.15) is 11.4 Å². The van der Waals surface area contributed by atoms with E-state index < -0.39 is 0 Å². The highest BCUT2D eigenvalue weighted by molar-refractivity contribution is 9.09. The molecule has 0 atom stereocenters. The molecule has 1 fully saturated rings. The van der Waals surface area contributed by atoms with Crippen LogP contribution >= 0.6 is 15.9 Å². The number of rotatable bonds is 4. The lowest BCUT2D eigenvalue weighted by atomic mass is 10.3. The van der Waals surface area contributed by atoms with E-state index in [0.717, 1.165) is 30.7 Å². The Hall–Kier alpha value is -0.390. The highest BCUT2D eigenvalue weighted by Gasteiger charge is 2.17. The van der Waals surface area contributed by atoms with Crippen molar-refractivity contribution in [3.63, 3.8) is 0 Å². The van der Waals surface area contributed by atoms with Crippen LogP contribution < -0.4 is 0 Å². The van der Waals surface area contributed by atoms with Crippen molar-refractivity contribution >= 4 is 15.9 Å². The second-order valence-corrected chi connectivity index (χ2v) is 5.50. The van der Waals surface area contributed by atoms with Crippen LogP contribution in [-0.2, 0) is 13.6 Å². The summed E-state index contributed by atoms with van der Waals surface area (Å²) >= 11 is 3.50. The summed E-state index contributed by atoms with van der Waals surface area (Å²) in [6, 6.07) is 2.19. The van der Waals surface area contributed by atoms with Crippen molar-refractivity contribution in [2.45, 2.75) is 13.5 Å². The van der Waals surface area contributed by atoms with Gasteiger partial charge in [-0.05, 0) is 13.0 Å². The summed E-state index contributed by atoms with van der Waals surface area (Å²) in [4.78, 5) is 5.03. The normalized spacial score (nSPS) is 18.8. The minimum absolute atomic E-state index is 1.03. The van der Waals surface area contributed by atoms with Crippen LogP contribution in [0.5, 0.6) is 0 Å². The van der Waals surface area contributed by atoms with E-state index in [0.29, 0.717) is 0 Å². The fourth-order valence-electron chi connectivity index (χ4n) is 2.33. The van der Waals surface area contributed by atoms with Crippen LogP contribution in [0.2, 0.25) is 0 Å². The fourth-order valence-corrected chi connectivity index (χ4v) is 2.83. The van der Waals surface area contributed by atoms with Gasteiger partial charge in [0.05, 0.1) is 11.4 Å². The second kappa shape index (κ2) is 5.98. The first-order chi connectivity index (χ1) is 8.19. The average Bonchev–Trinajstić information content (AvgIpc) is 2.61. The Kier molecular flexibility index (Phi) is 4.59. The predicted octanol–water partition coefficient (Wildman–Crippen LogP) is 1.24. The summed E-state index contributed by atoms with van der Waals surface area (Å²) in [5.41, 5.74) is 2.43. The number of piperazine rings is 1. The van der Waals surface area contributed by atoms with Gasteiger partial charge in [0.15, 0.2) is 0 Å². The number of aryl methyl sites for hydroxylation is 2. The van der Waals surface area contributed by atoms with Gasteiger partial charge in [0, 0.05) is 51.6 Å². The molecule has 0 amide bonds. The summed E-state index contributed by atoms with van der Waals surface area (Å²) in [7, 11) is 2.03. The summed E-state index contributed by atoms with van der Waals surface area (Å²) in [6.07, 6.45) is 0. The summed E-state index contributed by atoms with van der Waals surface area (Å²) in [5, 5.41) is 5.47. The zero-order valence-electron chi connectivity index (χ0n) is 10.7.